The molecule has 7 nitrogen and oxygen atoms in total. The standard InChI is InChI=1S/C17H17FN2O5S/c1-12(17(22)20-14-5-3-2-4-6-14)25-16(21)11-19-26(23,24)15-9-7-13(18)8-10-15/h2-10,12,19H,11H2,1H3,(H,20,22)/t12-/m0/s1. The first kappa shape index (κ1) is 19.5. The van der Waals surface area contributed by atoms with Crippen molar-refractivity contribution in [2.24, 2.45) is 0 Å². The Hall–Kier alpha value is -2.78. The van der Waals surface area contributed by atoms with Gasteiger partial charge >= 0.3 is 5.97 Å². The molecule has 0 unspecified atom stereocenters. The number of carbonyl (C=O) groups is 2. The molecule has 2 N–H and O–H groups in total. The smallest absolute Gasteiger partial charge is 0.321 e. The number of amides is 1. The van der Waals surface area contributed by atoms with Crippen molar-refractivity contribution in [2.45, 2.75) is 17.9 Å². The fourth-order valence-corrected chi connectivity index (χ4v) is 2.88. The second-order valence-corrected chi connectivity index (χ2v) is 7.03. The summed E-state index contributed by atoms with van der Waals surface area (Å²) in [5, 5.41) is 2.56. The third kappa shape index (κ3) is 5.64. The van der Waals surface area contributed by atoms with Crippen molar-refractivity contribution < 1.29 is 27.1 Å². The quantitative estimate of drug-likeness (QED) is 0.712. The second-order valence-electron chi connectivity index (χ2n) is 5.27. The van der Waals surface area contributed by atoms with Crippen molar-refractivity contribution in [1.29, 1.82) is 0 Å². The van der Waals surface area contributed by atoms with Crippen LogP contribution in [0, 0.1) is 5.82 Å². The summed E-state index contributed by atoms with van der Waals surface area (Å²) in [6.45, 7) is 0.702. The van der Waals surface area contributed by atoms with E-state index in [2.05, 4.69) is 5.32 Å². The average molecular weight is 380 g/mol. The van der Waals surface area contributed by atoms with Crippen LogP contribution in [0.25, 0.3) is 0 Å². The molecule has 9 heteroatoms. The number of sulfonamides is 1. The van der Waals surface area contributed by atoms with Crippen LogP contribution in [0.15, 0.2) is 59.5 Å². The van der Waals surface area contributed by atoms with Gasteiger partial charge in [-0.25, -0.2) is 12.8 Å². The van der Waals surface area contributed by atoms with Crippen LogP contribution in [0.3, 0.4) is 0 Å². The van der Waals surface area contributed by atoms with Gasteiger partial charge in [0.1, 0.15) is 12.4 Å². The number of benzene rings is 2. The van der Waals surface area contributed by atoms with Gasteiger partial charge in [0.25, 0.3) is 5.91 Å². The van der Waals surface area contributed by atoms with E-state index in [-0.39, 0.29) is 4.90 Å². The minimum Gasteiger partial charge on any atom is -0.452 e. The normalized spacial score (nSPS) is 12.2. The molecule has 0 aliphatic heterocycles. The number of carbonyl (C=O) groups excluding carboxylic acids is 2. The highest BCUT2D eigenvalue weighted by molar-refractivity contribution is 7.89. The summed E-state index contributed by atoms with van der Waals surface area (Å²) in [5.74, 6) is -2.06. The van der Waals surface area contributed by atoms with Gasteiger partial charge in [-0.3, -0.25) is 9.59 Å². The summed E-state index contributed by atoms with van der Waals surface area (Å²) < 4.78 is 43.7. The van der Waals surface area contributed by atoms with E-state index >= 15 is 0 Å². The van der Waals surface area contributed by atoms with E-state index < -0.39 is 40.4 Å². The van der Waals surface area contributed by atoms with Crippen LogP contribution in [-0.4, -0.2) is 32.9 Å². The van der Waals surface area contributed by atoms with Crippen molar-refractivity contribution in [1.82, 2.24) is 4.72 Å². The maximum absolute atomic E-state index is 12.8. The van der Waals surface area contributed by atoms with Gasteiger partial charge in [0.2, 0.25) is 10.0 Å². The van der Waals surface area contributed by atoms with Gasteiger partial charge in [-0.15, -0.1) is 0 Å². The molecule has 0 radical (unpaired) electrons. The molecule has 0 saturated carbocycles. The largest absolute Gasteiger partial charge is 0.452 e. The number of hydrogen-bond acceptors (Lipinski definition) is 5. The molecule has 138 valence electrons. The van der Waals surface area contributed by atoms with Gasteiger partial charge in [-0.1, -0.05) is 18.2 Å². The molecular weight excluding hydrogens is 363 g/mol. The Balaban J connectivity index is 1.85. The molecule has 26 heavy (non-hydrogen) atoms. The lowest BCUT2D eigenvalue weighted by atomic mass is 10.3. The van der Waals surface area contributed by atoms with E-state index in [0.717, 1.165) is 24.3 Å². The van der Waals surface area contributed by atoms with Crippen LogP contribution in [0.2, 0.25) is 0 Å². The van der Waals surface area contributed by atoms with Crippen LogP contribution in [0.4, 0.5) is 10.1 Å². The highest BCUT2D eigenvalue weighted by atomic mass is 32.2. The molecule has 2 aromatic rings. The van der Waals surface area contributed by atoms with E-state index in [1.165, 1.54) is 6.92 Å². The Kier molecular flexibility index (Phi) is 6.42. The van der Waals surface area contributed by atoms with Crippen molar-refractivity contribution in [3.05, 3.63) is 60.4 Å². The summed E-state index contributed by atoms with van der Waals surface area (Å²) >= 11 is 0. The van der Waals surface area contributed by atoms with E-state index in [1.54, 1.807) is 30.3 Å². The third-order valence-electron chi connectivity index (χ3n) is 3.25. The van der Waals surface area contributed by atoms with Gasteiger partial charge in [-0.05, 0) is 43.3 Å². The number of ether oxygens (including phenoxy) is 1. The summed E-state index contributed by atoms with van der Waals surface area (Å²) in [6.07, 6.45) is -1.11. The number of para-hydroxylation sites is 1. The van der Waals surface area contributed by atoms with Gasteiger partial charge in [-0.2, -0.15) is 4.72 Å². The molecule has 0 bridgehead atoms. The van der Waals surface area contributed by atoms with Crippen molar-refractivity contribution in [2.75, 3.05) is 11.9 Å². The summed E-state index contributed by atoms with van der Waals surface area (Å²) in [5.41, 5.74) is 0.539. The third-order valence-corrected chi connectivity index (χ3v) is 4.67. The lowest BCUT2D eigenvalue weighted by Crippen LogP contribution is -2.35. The van der Waals surface area contributed by atoms with Crippen LogP contribution < -0.4 is 10.0 Å². The molecule has 0 heterocycles. The Morgan fingerprint density at radius 1 is 1.08 bits per heavy atom. The fourth-order valence-electron chi connectivity index (χ4n) is 1.91. The maximum Gasteiger partial charge on any atom is 0.321 e. The zero-order valence-corrected chi connectivity index (χ0v) is 14.6. The number of rotatable bonds is 7. The van der Waals surface area contributed by atoms with Gasteiger partial charge in [0.05, 0.1) is 4.90 Å². The monoisotopic (exact) mass is 380 g/mol. The number of anilines is 1. The predicted octanol–water partition coefficient (Wildman–Crippen LogP) is 1.67. The van der Waals surface area contributed by atoms with Crippen LogP contribution in [-0.2, 0) is 24.3 Å². The molecule has 1 atom stereocenters. The first-order valence-corrected chi connectivity index (χ1v) is 9.07. The lowest BCUT2D eigenvalue weighted by Gasteiger charge is -2.14. The zero-order chi connectivity index (χ0) is 19.2. The van der Waals surface area contributed by atoms with Crippen molar-refractivity contribution in [3.8, 4) is 0 Å². The molecule has 2 aromatic carbocycles. The summed E-state index contributed by atoms with van der Waals surface area (Å²) in [4.78, 5) is 23.5. The van der Waals surface area contributed by atoms with E-state index in [1.807, 2.05) is 4.72 Å². The summed E-state index contributed by atoms with van der Waals surface area (Å²) in [7, 11) is -3.99. The molecular formula is C17H17FN2O5S. The summed E-state index contributed by atoms with van der Waals surface area (Å²) in [6, 6.07) is 12.7. The molecule has 2 rings (SSSR count). The molecule has 0 aliphatic rings. The topological polar surface area (TPSA) is 102 Å². The minimum atomic E-state index is -3.99. The number of nitrogens with one attached hydrogen (secondary N) is 2. The fraction of sp³-hybridized carbons (Fsp3) is 0.176. The van der Waals surface area contributed by atoms with Crippen LogP contribution >= 0.6 is 0 Å². The molecule has 0 aliphatic carbocycles. The van der Waals surface area contributed by atoms with E-state index in [9.17, 15) is 22.4 Å². The van der Waals surface area contributed by atoms with Crippen molar-refractivity contribution >= 4 is 27.6 Å². The van der Waals surface area contributed by atoms with Crippen LogP contribution in [0.1, 0.15) is 6.92 Å². The molecule has 0 aromatic heterocycles. The van der Waals surface area contributed by atoms with E-state index in [0.29, 0.717) is 5.69 Å². The van der Waals surface area contributed by atoms with Crippen LogP contribution in [0.5, 0.6) is 0 Å². The second kappa shape index (κ2) is 8.54. The Bertz CT molecular complexity index is 870. The molecule has 1 amide bonds. The van der Waals surface area contributed by atoms with E-state index in [4.69, 9.17) is 4.74 Å². The van der Waals surface area contributed by atoms with Gasteiger partial charge in [0.15, 0.2) is 6.10 Å². The lowest BCUT2D eigenvalue weighted by molar-refractivity contribution is -0.151. The van der Waals surface area contributed by atoms with Gasteiger partial charge < -0.3 is 10.1 Å². The zero-order valence-electron chi connectivity index (χ0n) is 13.8. The number of esters is 1. The number of halogens is 1. The maximum atomic E-state index is 12.8. The van der Waals surface area contributed by atoms with Gasteiger partial charge in [0, 0.05) is 5.69 Å². The highest BCUT2D eigenvalue weighted by Crippen LogP contribution is 2.10. The predicted molar refractivity (Wildman–Crippen MR) is 92.2 cm³/mol. The first-order valence-electron chi connectivity index (χ1n) is 7.58. The van der Waals surface area contributed by atoms with Crippen molar-refractivity contribution in [3.63, 3.8) is 0 Å². The Labute approximate surface area is 150 Å². The molecule has 0 saturated heterocycles. The highest BCUT2D eigenvalue weighted by Gasteiger charge is 2.20. The first-order chi connectivity index (χ1) is 12.3. The Morgan fingerprint density at radius 3 is 2.31 bits per heavy atom. The molecule has 0 fully saturated rings. The SMILES string of the molecule is C[C@H](OC(=O)CNS(=O)(=O)c1ccc(F)cc1)C(=O)Nc1ccccc1. The Morgan fingerprint density at radius 2 is 1.69 bits per heavy atom. The average Bonchev–Trinajstić information content (AvgIpc) is 2.61. The number of hydrogen-bond donors (Lipinski definition) is 2. The minimum absolute atomic E-state index is 0.193. The molecule has 0 spiro atoms.